The number of rotatable bonds is 4. The number of hydrogen-bond acceptors (Lipinski definition) is 6. The van der Waals surface area contributed by atoms with Crippen LogP contribution in [0.25, 0.3) is 10.2 Å². The second-order valence-electron chi connectivity index (χ2n) is 7.18. The van der Waals surface area contributed by atoms with E-state index in [1.807, 2.05) is 6.07 Å². The van der Waals surface area contributed by atoms with Crippen LogP contribution in [0.5, 0.6) is 0 Å². The van der Waals surface area contributed by atoms with Gasteiger partial charge in [-0.15, -0.1) is 11.3 Å². The quantitative estimate of drug-likeness (QED) is 0.856. The third kappa shape index (κ3) is 4.16. The summed E-state index contributed by atoms with van der Waals surface area (Å²) in [5.74, 6) is 0. The molecule has 2 aromatic rings. The summed E-state index contributed by atoms with van der Waals surface area (Å²) >= 11 is 1.37. The number of carbonyl (C=O) groups is 1. The first-order valence-electron chi connectivity index (χ1n) is 8.52. The van der Waals surface area contributed by atoms with Crippen molar-refractivity contribution >= 4 is 37.7 Å². The van der Waals surface area contributed by atoms with Crippen LogP contribution in [0.3, 0.4) is 0 Å². The average molecular weight is 398 g/mol. The van der Waals surface area contributed by atoms with Crippen molar-refractivity contribution in [2.45, 2.75) is 50.7 Å². The third-order valence-electron chi connectivity index (χ3n) is 3.89. The van der Waals surface area contributed by atoms with E-state index in [9.17, 15) is 13.2 Å². The van der Waals surface area contributed by atoms with Crippen molar-refractivity contribution in [1.82, 2.24) is 14.6 Å². The summed E-state index contributed by atoms with van der Waals surface area (Å²) in [6.07, 6.45) is 1.25. The fourth-order valence-corrected chi connectivity index (χ4v) is 5.45. The molecule has 1 aliphatic rings. The van der Waals surface area contributed by atoms with Gasteiger partial charge in [-0.25, -0.2) is 18.2 Å². The Kier molecular flexibility index (Phi) is 5.23. The van der Waals surface area contributed by atoms with E-state index < -0.39 is 21.7 Å². The smallest absolute Gasteiger partial charge is 0.408 e. The number of nitrogens with one attached hydrogen (secondary N) is 1. The summed E-state index contributed by atoms with van der Waals surface area (Å²) in [5.41, 5.74) is -0.111. The number of amides is 1. The van der Waals surface area contributed by atoms with Crippen molar-refractivity contribution in [3.8, 4) is 0 Å². The van der Waals surface area contributed by atoms with Gasteiger partial charge in [-0.3, -0.25) is 0 Å². The lowest BCUT2D eigenvalue weighted by Gasteiger charge is -2.19. The molecule has 0 spiro atoms. The second-order valence-corrected chi connectivity index (χ2v) is 10.2. The Morgan fingerprint density at radius 3 is 2.65 bits per heavy atom. The molecule has 1 N–H and O–H groups in total. The highest BCUT2D eigenvalue weighted by Crippen LogP contribution is 2.30. The highest BCUT2D eigenvalue weighted by Gasteiger charge is 2.29. The second kappa shape index (κ2) is 7.13. The number of alkyl carbamates (subject to hydrolysis) is 1. The van der Waals surface area contributed by atoms with Crippen molar-refractivity contribution < 1.29 is 17.9 Å². The van der Waals surface area contributed by atoms with Crippen LogP contribution in [0.15, 0.2) is 23.1 Å². The van der Waals surface area contributed by atoms with Gasteiger partial charge in [0.1, 0.15) is 21.0 Å². The minimum absolute atomic E-state index is 0.192. The zero-order valence-corrected chi connectivity index (χ0v) is 16.7. The molecule has 26 heavy (non-hydrogen) atoms. The topological polar surface area (TPSA) is 88.6 Å². The Morgan fingerprint density at radius 1 is 1.31 bits per heavy atom. The van der Waals surface area contributed by atoms with Gasteiger partial charge in [0, 0.05) is 13.1 Å². The van der Waals surface area contributed by atoms with Crippen LogP contribution in [-0.4, -0.2) is 42.5 Å². The van der Waals surface area contributed by atoms with E-state index in [-0.39, 0.29) is 11.4 Å². The van der Waals surface area contributed by atoms with Gasteiger partial charge in [-0.2, -0.15) is 4.31 Å². The van der Waals surface area contributed by atoms with E-state index in [2.05, 4.69) is 10.3 Å². The molecule has 2 heterocycles. The molecular formula is C17H23N3O4S2. The molecule has 3 rings (SSSR count). The minimum atomic E-state index is -3.54. The number of hydrogen-bond donors (Lipinski definition) is 1. The Hall–Kier alpha value is -1.71. The molecule has 0 unspecified atom stereocenters. The van der Waals surface area contributed by atoms with Gasteiger partial charge in [-0.1, -0.05) is 6.07 Å². The minimum Gasteiger partial charge on any atom is -0.444 e. The van der Waals surface area contributed by atoms with Gasteiger partial charge >= 0.3 is 6.09 Å². The summed E-state index contributed by atoms with van der Waals surface area (Å²) in [6, 6.07) is 5.17. The lowest BCUT2D eigenvalue weighted by molar-refractivity contribution is 0.0523. The molecule has 142 valence electrons. The number of ether oxygens (including phenoxy) is 1. The summed E-state index contributed by atoms with van der Waals surface area (Å²) in [7, 11) is -3.54. The molecule has 0 atom stereocenters. The SMILES string of the molecule is CC(C)(C)OC(=O)NCc1nc2c(S(=O)(=O)N3CCCC3)cccc2s1. The molecule has 0 saturated carbocycles. The molecule has 1 fully saturated rings. The molecule has 7 nitrogen and oxygen atoms in total. The van der Waals surface area contributed by atoms with Crippen LogP contribution < -0.4 is 5.32 Å². The summed E-state index contributed by atoms with van der Waals surface area (Å²) in [6.45, 7) is 6.67. The maximum absolute atomic E-state index is 12.9. The van der Waals surface area contributed by atoms with Gasteiger partial charge in [0.2, 0.25) is 10.0 Å². The molecule has 1 aromatic heterocycles. The van der Waals surface area contributed by atoms with Crippen molar-refractivity contribution in [2.24, 2.45) is 0 Å². The first-order chi connectivity index (χ1) is 12.2. The van der Waals surface area contributed by atoms with Crippen molar-refractivity contribution in [3.05, 3.63) is 23.2 Å². The molecule has 0 bridgehead atoms. The number of carbonyl (C=O) groups excluding carboxylic acids is 1. The number of benzene rings is 1. The van der Waals surface area contributed by atoms with Gasteiger partial charge in [-0.05, 0) is 45.7 Å². The summed E-state index contributed by atoms with van der Waals surface area (Å²) in [4.78, 5) is 16.5. The predicted octanol–water partition coefficient (Wildman–Crippen LogP) is 3.11. The summed E-state index contributed by atoms with van der Waals surface area (Å²) < 4.78 is 33.3. The third-order valence-corrected chi connectivity index (χ3v) is 6.84. The number of para-hydroxylation sites is 1. The van der Waals surface area contributed by atoms with E-state index in [0.29, 0.717) is 23.6 Å². The zero-order chi connectivity index (χ0) is 18.9. The van der Waals surface area contributed by atoms with Gasteiger partial charge < -0.3 is 10.1 Å². The average Bonchev–Trinajstić information content (AvgIpc) is 3.20. The van der Waals surface area contributed by atoms with Gasteiger partial charge in [0.25, 0.3) is 0 Å². The molecule has 0 aliphatic carbocycles. The Balaban J connectivity index is 1.82. The van der Waals surface area contributed by atoms with Crippen molar-refractivity contribution in [2.75, 3.05) is 13.1 Å². The predicted molar refractivity (Wildman–Crippen MR) is 101 cm³/mol. The molecule has 0 radical (unpaired) electrons. The van der Waals surface area contributed by atoms with Crippen molar-refractivity contribution in [1.29, 1.82) is 0 Å². The highest BCUT2D eigenvalue weighted by atomic mass is 32.2. The van der Waals surface area contributed by atoms with Crippen LogP contribution >= 0.6 is 11.3 Å². The van der Waals surface area contributed by atoms with E-state index in [1.165, 1.54) is 15.6 Å². The summed E-state index contributed by atoms with van der Waals surface area (Å²) in [5, 5.41) is 3.29. The molecule has 1 saturated heterocycles. The van der Waals surface area contributed by atoms with Crippen LogP contribution in [0.2, 0.25) is 0 Å². The van der Waals surface area contributed by atoms with Crippen LogP contribution in [0.4, 0.5) is 4.79 Å². The first-order valence-corrected chi connectivity index (χ1v) is 10.8. The number of sulfonamides is 1. The number of aromatic nitrogens is 1. The van der Waals surface area contributed by atoms with Crippen LogP contribution in [0.1, 0.15) is 38.6 Å². The standard InChI is InChI=1S/C17H23N3O4S2/c1-17(2,3)24-16(21)18-11-14-19-15-12(25-14)7-6-8-13(15)26(22,23)20-9-4-5-10-20/h6-8H,4-5,9-11H2,1-3H3,(H,18,21). The number of fused-ring (bicyclic) bond motifs is 1. The Morgan fingerprint density at radius 2 is 2.00 bits per heavy atom. The van der Waals surface area contributed by atoms with E-state index in [4.69, 9.17) is 4.74 Å². The molecule has 1 aliphatic heterocycles. The fraction of sp³-hybridized carbons (Fsp3) is 0.529. The first kappa shape index (κ1) is 19.1. The Bertz CT molecular complexity index is 910. The molecule has 1 aromatic carbocycles. The Labute approximate surface area is 157 Å². The van der Waals surface area contributed by atoms with E-state index in [0.717, 1.165) is 17.5 Å². The zero-order valence-electron chi connectivity index (χ0n) is 15.1. The lowest BCUT2D eigenvalue weighted by Crippen LogP contribution is -2.32. The molecule has 1 amide bonds. The van der Waals surface area contributed by atoms with Crippen LogP contribution in [0, 0.1) is 0 Å². The van der Waals surface area contributed by atoms with E-state index >= 15 is 0 Å². The maximum atomic E-state index is 12.9. The largest absolute Gasteiger partial charge is 0.444 e. The van der Waals surface area contributed by atoms with E-state index in [1.54, 1.807) is 32.9 Å². The maximum Gasteiger partial charge on any atom is 0.408 e. The van der Waals surface area contributed by atoms with Gasteiger partial charge in [0.05, 0.1) is 11.2 Å². The van der Waals surface area contributed by atoms with Crippen LogP contribution in [-0.2, 0) is 21.3 Å². The fourth-order valence-electron chi connectivity index (χ4n) is 2.78. The number of nitrogens with zero attached hydrogens (tertiary/aromatic N) is 2. The number of thiazole rings is 1. The molecular weight excluding hydrogens is 374 g/mol. The highest BCUT2D eigenvalue weighted by molar-refractivity contribution is 7.89. The molecule has 9 heteroatoms. The monoisotopic (exact) mass is 397 g/mol. The van der Waals surface area contributed by atoms with Crippen molar-refractivity contribution in [3.63, 3.8) is 0 Å². The van der Waals surface area contributed by atoms with Gasteiger partial charge in [0.15, 0.2) is 0 Å². The normalized spacial score (nSPS) is 16.1. The lowest BCUT2D eigenvalue weighted by atomic mass is 10.2.